The molecule has 0 heterocycles. The van der Waals surface area contributed by atoms with E-state index >= 15 is 0 Å². The third-order valence-corrected chi connectivity index (χ3v) is 5.33. The summed E-state index contributed by atoms with van der Waals surface area (Å²) in [5.41, 5.74) is 0.520. The number of nitrogens with one attached hydrogen (secondary N) is 2. The molecule has 0 unspecified atom stereocenters. The first-order valence-electron chi connectivity index (χ1n) is 8.32. The number of carbonyl (C=O) groups excluding carboxylic acids is 1. The second-order valence-electron chi connectivity index (χ2n) is 5.91. The highest BCUT2D eigenvalue weighted by Crippen LogP contribution is 2.23. The molecule has 1 amide bonds. The molecule has 0 saturated carbocycles. The molecule has 0 atom stereocenters. The molecule has 3 rings (SSSR count). The molecule has 0 radical (unpaired) electrons. The maximum atomic E-state index is 13.4. The summed E-state index contributed by atoms with van der Waals surface area (Å²) in [6.07, 6.45) is 0. The Morgan fingerprint density at radius 2 is 1.62 bits per heavy atom. The lowest BCUT2D eigenvalue weighted by Crippen LogP contribution is -2.18. The van der Waals surface area contributed by atoms with Crippen LogP contribution >= 0.6 is 0 Å². The first kappa shape index (κ1) is 20.3. The molecule has 0 aliphatic carbocycles. The van der Waals surface area contributed by atoms with E-state index in [0.717, 1.165) is 6.07 Å². The number of rotatable bonds is 6. The van der Waals surface area contributed by atoms with Gasteiger partial charge >= 0.3 is 0 Å². The maximum absolute atomic E-state index is 13.4. The summed E-state index contributed by atoms with van der Waals surface area (Å²) < 4.78 is 58.8. The summed E-state index contributed by atoms with van der Waals surface area (Å²) >= 11 is 0. The summed E-state index contributed by atoms with van der Waals surface area (Å²) in [7, 11) is -2.73. The highest BCUT2D eigenvalue weighted by Gasteiger charge is 2.20. The van der Waals surface area contributed by atoms with Crippen LogP contribution < -0.4 is 14.8 Å². The SMILES string of the molecule is COc1ccc(NC(=O)c2ccccc2NS(=O)(=O)c2ccc(F)c(F)c2)cc1. The lowest BCUT2D eigenvalue weighted by Gasteiger charge is -2.13. The monoisotopic (exact) mass is 418 g/mol. The van der Waals surface area contributed by atoms with Crippen molar-refractivity contribution in [2.24, 2.45) is 0 Å². The second kappa shape index (κ2) is 8.27. The Balaban J connectivity index is 1.85. The molecule has 9 heteroatoms. The summed E-state index contributed by atoms with van der Waals surface area (Å²) in [6.45, 7) is 0. The highest BCUT2D eigenvalue weighted by atomic mass is 32.2. The van der Waals surface area contributed by atoms with Crippen molar-refractivity contribution in [2.75, 3.05) is 17.1 Å². The molecular formula is C20H16F2N2O4S. The number of methoxy groups -OCH3 is 1. The fraction of sp³-hybridized carbons (Fsp3) is 0.0500. The van der Waals surface area contributed by atoms with Gasteiger partial charge in [0.05, 0.1) is 23.3 Å². The Bertz CT molecular complexity index is 1150. The minimum Gasteiger partial charge on any atom is -0.497 e. The number of carbonyl (C=O) groups is 1. The van der Waals surface area contributed by atoms with Gasteiger partial charge in [-0.2, -0.15) is 0 Å². The van der Waals surface area contributed by atoms with Crippen molar-refractivity contribution in [1.29, 1.82) is 0 Å². The van der Waals surface area contributed by atoms with E-state index in [1.807, 2.05) is 0 Å². The number of halogens is 2. The maximum Gasteiger partial charge on any atom is 0.262 e. The zero-order valence-electron chi connectivity index (χ0n) is 15.1. The van der Waals surface area contributed by atoms with Gasteiger partial charge in [0.1, 0.15) is 5.75 Å². The van der Waals surface area contributed by atoms with Crippen molar-refractivity contribution in [2.45, 2.75) is 4.90 Å². The Morgan fingerprint density at radius 1 is 0.931 bits per heavy atom. The van der Waals surface area contributed by atoms with Crippen molar-refractivity contribution in [3.63, 3.8) is 0 Å². The van der Waals surface area contributed by atoms with Crippen LogP contribution in [0, 0.1) is 11.6 Å². The Labute approximate surface area is 166 Å². The quantitative estimate of drug-likeness (QED) is 0.633. The Hall–Kier alpha value is -3.46. The molecule has 150 valence electrons. The third kappa shape index (κ3) is 4.69. The standard InChI is InChI=1S/C20H16F2N2O4S/c1-28-14-8-6-13(7-9-14)23-20(25)16-4-2-3-5-19(16)24-29(26,27)15-10-11-17(21)18(22)12-15/h2-12,24H,1H3,(H,23,25). The topological polar surface area (TPSA) is 84.5 Å². The van der Waals surface area contributed by atoms with Crippen LogP contribution in [0.4, 0.5) is 20.2 Å². The lowest BCUT2D eigenvalue weighted by atomic mass is 10.1. The van der Waals surface area contributed by atoms with E-state index in [-0.39, 0.29) is 11.3 Å². The minimum atomic E-state index is -4.24. The van der Waals surface area contributed by atoms with Crippen molar-refractivity contribution < 1.29 is 26.7 Å². The average molecular weight is 418 g/mol. The van der Waals surface area contributed by atoms with E-state index in [0.29, 0.717) is 23.6 Å². The molecule has 3 aromatic rings. The lowest BCUT2D eigenvalue weighted by molar-refractivity contribution is 0.102. The predicted octanol–water partition coefficient (Wildman–Crippen LogP) is 4.03. The van der Waals surface area contributed by atoms with Crippen LogP contribution in [0.3, 0.4) is 0 Å². The van der Waals surface area contributed by atoms with Crippen LogP contribution in [-0.4, -0.2) is 21.4 Å². The molecule has 0 aromatic heterocycles. The molecule has 0 bridgehead atoms. The largest absolute Gasteiger partial charge is 0.497 e. The average Bonchev–Trinajstić information content (AvgIpc) is 2.70. The van der Waals surface area contributed by atoms with Crippen molar-refractivity contribution in [3.05, 3.63) is 83.9 Å². The highest BCUT2D eigenvalue weighted by molar-refractivity contribution is 7.92. The predicted molar refractivity (Wildman–Crippen MR) is 105 cm³/mol. The molecule has 0 aliphatic rings. The molecule has 6 nitrogen and oxygen atoms in total. The van der Waals surface area contributed by atoms with Crippen molar-refractivity contribution in [1.82, 2.24) is 0 Å². The van der Waals surface area contributed by atoms with Gasteiger partial charge in [-0.15, -0.1) is 0 Å². The van der Waals surface area contributed by atoms with Gasteiger partial charge in [-0.1, -0.05) is 12.1 Å². The van der Waals surface area contributed by atoms with Gasteiger partial charge in [0.15, 0.2) is 11.6 Å². The number of ether oxygens (including phenoxy) is 1. The van der Waals surface area contributed by atoms with Gasteiger partial charge in [-0.3, -0.25) is 9.52 Å². The van der Waals surface area contributed by atoms with E-state index in [4.69, 9.17) is 4.74 Å². The number of amides is 1. The molecule has 0 saturated heterocycles. The minimum absolute atomic E-state index is 0.0109. The fourth-order valence-electron chi connectivity index (χ4n) is 2.49. The van der Waals surface area contributed by atoms with E-state index in [1.54, 1.807) is 30.3 Å². The van der Waals surface area contributed by atoms with Crippen molar-refractivity contribution >= 4 is 27.3 Å². The fourth-order valence-corrected chi connectivity index (χ4v) is 3.58. The Kier molecular flexibility index (Phi) is 5.79. The summed E-state index contributed by atoms with van der Waals surface area (Å²) in [6, 6.07) is 14.7. The summed E-state index contributed by atoms with van der Waals surface area (Å²) in [5, 5.41) is 2.65. The van der Waals surface area contributed by atoms with Gasteiger partial charge < -0.3 is 10.1 Å². The zero-order valence-corrected chi connectivity index (χ0v) is 16.0. The zero-order chi connectivity index (χ0) is 21.0. The molecule has 29 heavy (non-hydrogen) atoms. The normalized spacial score (nSPS) is 11.0. The summed E-state index contributed by atoms with van der Waals surface area (Å²) in [5.74, 6) is -2.40. The van der Waals surface area contributed by atoms with Crippen LogP contribution in [-0.2, 0) is 10.0 Å². The second-order valence-corrected chi connectivity index (χ2v) is 7.59. The van der Waals surface area contributed by atoms with Crippen LogP contribution in [0.5, 0.6) is 5.75 Å². The van der Waals surface area contributed by atoms with Gasteiger partial charge in [-0.25, -0.2) is 17.2 Å². The molecule has 2 N–H and O–H groups in total. The molecule has 0 fully saturated rings. The Morgan fingerprint density at radius 3 is 2.28 bits per heavy atom. The van der Waals surface area contributed by atoms with Crippen molar-refractivity contribution in [3.8, 4) is 5.75 Å². The molecule has 3 aromatic carbocycles. The van der Waals surface area contributed by atoms with Gasteiger partial charge in [0.2, 0.25) is 0 Å². The summed E-state index contributed by atoms with van der Waals surface area (Å²) in [4.78, 5) is 12.2. The number of benzene rings is 3. The number of hydrogen-bond donors (Lipinski definition) is 2. The molecule has 0 spiro atoms. The number of sulfonamides is 1. The molecular weight excluding hydrogens is 402 g/mol. The van der Waals surface area contributed by atoms with Crippen LogP contribution in [0.25, 0.3) is 0 Å². The van der Waals surface area contributed by atoms with Crippen LogP contribution in [0.15, 0.2) is 71.6 Å². The molecule has 0 aliphatic heterocycles. The van der Waals surface area contributed by atoms with E-state index in [1.165, 1.54) is 25.3 Å². The third-order valence-electron chi connectivity index (χ3n) is 3.97. The first-order valence-corrected chi connectivity index (χ1v) is 9.81. The van der Waals surface area contributed by atoms with Crippen LogP contribution in [0.1, 0.15) is 10.4 Å². The van der Waals surface area contributed by atoms with E-state index in [2.05, 4.69) is 10.0 Å². The van der Waals surface area contributed by atoms with Gasteiger partial charge in [-0.05, 0) is 54.6 Å². The van der Waals surface area contributed by atoms with E-state index in [9.17, 15) is 22.0 Å². The van der Waals surface area contributed by atoms with Crippen LogP contribution in [0.2, 0.25) is 0 Å². The van der Waals surface area contributed by atoms with Gasteiger partial charge in [0.25, 0.3) is 15.9 Å². The number of hydrogen-bond acceptors (Lipinski definition) is 4. The smallest absolute Gasteiger partial charge is 0.262 e. The number of para-hydroxylation sites is 1. The number of anilines is 2. The van der Waals surface area contributed by atoms with E-state index < -0.39 is 32.5 Å². The first-order chi connectivity index (χ1) is 13.8. The van der Waals surface area contributed by atoms with Gasteiger partial charge in [0, 0.05) is 5.69 Å².